The van der Waals surface area contributed by atoms with Crippen molar-refractivity contribution in [2.24, 2.45) is 0 Å². The van der Waals surface area contributed by atoms with Crippen LogP contribution in [0.2, 0.25) is 0 Å². The Balaban J connectivity index is 1.92. The van der Waals surface area contributed by atoms with Gasteiger partial charge in [-0.3, -0.25) is 4.79 Å². The van der Waals surface area contributed by atoms with E-state index in [0.717, 1.165) is 16.3 Å². The summed E-state index contributed by atoms with van der Waals surface area (Å²) in [5.41, 5.74) is 0.752. The van der Waals surface area contributed by atoms with Gasteiger partial charge in [-0.05, 0) is 36.8 Å². The van der Waals surface area contributed by atoms with E-state index in [2.05, 4.69) is 10.4 Å². The molecule has 0 radical (unpaired) electrons. The van der Waals surface area contributed by atoms with Crippen LogP contribution in [-0.4, -0.2) is 22.8 Å². The third-order valence-electron chi connectivity index (χ3n) is 4.04. The van der Waals surface area contributed by atoms with Gasteiger partial charge in [0.1, 0.15) is 5.82 Å². The van der Waals surface area contributed by atoms with Crippen LogP contribution in [-0.2, 0) is 17.5 Å². The summed E-state index contributed by atoms with van der Waals surface area (Å²) in [4.78, 5) is 12.6. The molecular weight excluding hydrogens is 371 g/mol. The molecular formula is C20H18F3N3O2. The lowest BCUT2D eigenvalue weighted by atomic mass is 10.1. The Bertz CT molecular complexity index is 979. The normalized spacial score (nSPS) is 11.5. The van der Waals surface area contributed by atoms with E-state index < -0.39 is 17.6 Å². The fraction of sp³-hybridized carbons (Fsp3) is 0.200. The van der Waals surface area contributed by atoms with E-state index in [1.54, 1.807) is 38.3 Å². The van der Waals surface area contributed by atoms with E-state index in [1.807, 2.05) is 0 Å². The minimum atomic E-state index is -4.55. The Labute approximate surface area is 159 Å². The molecule has 3 rings (SSSR count). The third kappa shape index (κ3) is 4.23. The topological polar surface area (TPSA) is 56.1 Å². The predicted octanol–water partition coefficient (Wildman–Crippen LogP) is 4.60. The highest BCUT2D eigenvalue weighted by Crippen LogP contribution is 2.34. The van der Waals surface area contributed by atoms with Crippen LogP contribution in [0.25, 0.3) is 5.69 Å². The fourth-order valence-corrected chi connectivity index (χ4v) is 2.78. The van der Waals surface area contributed by atoms with Crippen molar-refractivity contribution in [1.29, 1.82) is 0 Å². The second-order valence-electron chi connectivity index (χ2n) is 6.18. The molecule has 0 bridgehead atoms. The maximum atomic E-state index is 13.4. The Morgan fingerprint density at radius 3 is 2.46 bits per heavy atom. The van der Waals surface area contributed by atoms with Crippen LogP contribution in [0.4, 0.5) is 19.0 Å². The average Bonchev–Trinajstić information content (AvgIpc) is 3.02. The summed E-state index contributed by atoms with van der Waals surface area (Å²) in [5, 5.41) is 6.76. The standard InChI is InChI=1S/C20H18F3N3O2/c1-13-11-18(24-19(27)15-9-7-14(8-10-15)12-28-2)26(25-13)17-6-4-3-5-16(17)20(21,22)23/h3-11H,12H2,1-2H3,(H,24,27). The molecule has 0 saturated heterocycles. The van der Waals surface area contributed by atoms with Gasteiger partial charge < -0.3 is 10.1 Å². The molecule has 1 aromatic heterocycles. The van der Waals surface area contributed by atoms with Crippen LogP contribution in [0.5, 0.6) is 0 Å². The monoisotopic (exact) mass is 389 g/mol. The van der Waals surface area contributed by atoms with Gasteiger partial charge in [0.15, 0.2) is 0 Å². The first-order valence-corrected chi connectivity index (χ1v) is 8.42. The molecule has 5 nitrogen and oxygen atoms in total. The number of halogens is 3. The lowest BCUT2D eigenvalue weighted by molar-refractivity contribution is -0.137. The van der Waals surface area contributed by atoms with Gasteiger partial charge in [-0.25, -0.2) is 4.68 Å². The number of benzene rings is 2. The van der Waals surface area contributed by atoms with Crippen molar-refractivity contribution in [1.82, 2.24) is 9.78 Å². The molecule has 1 heterocycles. The van der Waals surface area contributed by atoms with Gasteiger partial charge in [-0.1, -0.05) is 24.3 Å². The number of methoxy groups -OCH3 is 1. The van der Waals surface area contributed by atoms with Gasteiger partial charge in [0.05, 0.1) is 23.6 Å². The molecule has 0 atom stereocenters. The van der Waals surface area contributed by atoms with Gasteiger partial charge in [0.2, 0.25) is 0 Å². The number of anilines is 1. The number of hydrogen-bond donors (Lipinski definition) is 1. The molecule has 1 N–H and O–H groups in total. The number of carbonyl (C=O) groups is 1. The van der Waals surface area contributed by atoms with Crippen molar-refractivity contribution in [3.63, 3.8) is 0 Å². The third-order valence-corrected chi connectivity index (χ3v) is 4.04. The molecule has 146 valence electrons. The number of rotatable bonds is 5. The predicted molar refractivity (Wildman–Crippen MR) is 98.4 cm³/mol. The number of amides is 1. The van der Waals surface area contributed by atoms with E-state index in [0.29, 0.717) is 17.9 Å². The average molecular weight is 389 g/mol. The van der Waals surface area contributed by atoms with E-state index in [4.69, 9.17) is 4.74 Å². The van der Waals surface area contributed by atoms with Crippen molar-refractivity contribution in [2.75, 3.05) is 12.4 Å². The zero-order valence-electron chi connectivity index (χ0n) is 15.2. The summed E-state index contributed by atoms with van der Waals surface area (Å²) in [6.45, 7) is 2.06. The first-order valence-electron chi connectivity index (χ1n) is 8.42. The highest BCUT2D eigenvalue weighted by molar-refractivity contribution is 6.04. The summed E-state index contributed by atoms with van der Waals surface area (Å²) >= 11 is 0. The number of aromatic nitrogens is 2. The van der Waals surface area contributed by atoms with E-state index in [1.165, 1.54) is 24.3 Å². The van der Waals surface area contributed by atoms with Crippen molar-refractivity contribution in [3.8, 4) is 5.69 Å². The minimum absolute atomic E-state index is 0.153. The summed E-state index contributed by atoms with van der Waals surface area (Å²) in [6.07, 6.45) is -4.55. The quantitative estimate of drug-likeness (QED) is 0.694. The van der Waals surface area contributed by atoms with Gasteiger partial charge in [0, 0.05) is 18.7 Å². The number of nitrogens with zero attached hydrogens (tertiary/aromatic N) is 2. The minimum Gasteiger partial charge on any atom is -0.380 e. The Hall–Kier alpha value is -3.13. The highest BCUT2D eigenvalue weighted by Gasteiger charge is 2.34. The van der Waals surface area contributed by atoms with Crippen LogP contribution < -0.4 is 5.32 Å². The number of alkyl halides is 3. The second-order valence-corrected chi connectivity index (χ2v) is 6.18. The molecule has 2 aromatic carbocycles. The first-order chi connectivity index (χ1) is 13.3. The Morgan fingerprint density at radius 2 is 1.82 bits per heavy atom. The lowest BCUT2D eigenvalue weighted by Crippen LogP contribution is -2.17. The highest BCUT2D eigenvalue weighted by atomic mass is 19.4. The molecule has 3 aromatic rings. The van der Waals surface area contributed by atoms with Gasteiger partial charge in [-0.2, -0.15) is 18.3 Å². The van der Waals surface area contributed by atoms with Crippen LogP contribution in [0.3, 0.4) is 0 Å². The Kier molecular flexibility index (Phi) is 5.51. The molecule has 0 saturated carbocycles. The van der Waals surface area contributed by atoms with Gasteiger partial charge in [0.25, 0.3) is 5.91 Å². The van der Waals surface area contributed by atoms with E-state index in [9.17, 15) is 18.0 Å². The summed E-state index contributed by atoms with van der Waals surface area (Å²) < 4.78 is 46.2. The smallest absolute Gasteiger partial charge is 0.380 e. The number of ether oxygens (including phenoxy) is 1. The zero-order valence-corrected chi connectivity index (χ0v) is 15.2. The number of nitrogens with one attached hydrogen (secondary N) is 1. The van der Waals surface area contributed by atoms with Crippen LogP contribution in [0.15, 0.2) is 54.6 Å². The molecule has 1 amide bonds. The van der Waals surface area contributed by atoms with Crippen molar-refractivity contribution in [3.05, 3.63) is 77.0 Å². The van der Waals surface area contributed by atoms with Crippen LogP contribution in [0.1, 0.15) is 27.2 Å². The lowest BCUT2D eigenvalue weighted by Gasteiger charge is -2.15. The molecule has 0 aliphatic heterocycles. The van der Waals surface area contributed by atoms with E-state index >= 15 is 0 Å². The maximum Gasteiger partial charge on any atom is 0.418 e. The van der Waals surface area contributed by atoms with Crippen molar-refractivity contribution < 1.29 is 22.7 Å². The molecule has 0 aliphatic carbocycles. The van der Waals surface area contributed by atoms with Crippen molar-refractivity contribution in [2.45, 2.75) is 19.7 Å². The molecule has 0 aliphatic rings. The van der Waals surface area contributed by atoms with Crippen LogP contribution in [0, 0.1) is 6.92 Å². The largest absolute Gasteiger partial charge is 0.418 e. The summed E-state index contributed by atoms with van der Waals surface area (Å²) in [5.74, 6) is -0.297. The Morgan fingerprint density at radius 1 is 1.14 bits per heavy atom. The molecule has 0 unspecified atom stereocenters. The second kappa shape index (κ2) is 7.85. The number of carbonyl (C=O) groups excluding carboxylic acids is 1. The number of para-hydroxylation sites is 1. The summed E-state index contributed by atoms with van der Waals surface area (Å²) in [7, 11) is 1.57. The molecule has 28 heavy (non-hydrogen) atoms. The maximum absolute atomic E-state index is 13.4. The number of hydrogen-bond acceptors (Lipinski definition) is 3. The SMILES string of the molecule is COCc1ccc(C(=O)Nc2cc(C)nn2-c2ccccc2C(F)(F)F)cc1. The summed E-state index contributed by atoms with van der Waals surface area (Å²) in [6, 6.07) is 13.4. The van der Waals surface area contributed by atoms with Gasteiger partial charge in [-0.15, -0.1) is 0 Å². The first kappa shape index (κ1) is 19.6. The zero-order chi connectivity index (χ0) is 20.3. The van der Waals surface area contributed by atoms with Gasteiger partial charge >= 0.3 is 6.18 Å². The van der Waals surface area contributed by atoms with Crippen molar-refractivity contribution >= 4 is 11.7 Å². The molecule has 0 spiro atoms. The van der Waals surface area contributed by atoms with E-state index in [-0.39, 0.29) is 11.5 Å². The van der Waals surface area contributed by atoms with Crippen LogP contribution >= 0.6 is 0 Å². The molecule has 8 heteroatoms. The molecule has 0 fully saturated rings. The fourth-order valence-electron chi connectivity index (χ4n) is 2.78. The number of aryl methyl sites for hydroxylation is 1.